The Morgan fingerprint density at radius 1 is 1.22 bits per heavy atom. The van der Waals surface area contributed by atoms with Crippen molar-refractivity contribution in [2.45, 2.75) is 32.6 Å². The van der Waals surface area contributed by atoms with Crippen LogP contribution in [0.4, 0.5) is 0 Å². The van der Waals surface area contributed by atoms with E-state index in [2.05, 4.69) is 29.9 Å². The average Bonchev–Trinajstić information content (AvgIpc) is 2.65. The molecule has 0 spiro atoms. The minimum atomic E-state index is 0.572. The zero-order valence-corrected chi connectivity index (χ0v) is 11.3. The van der Waals surface area contributed by atoms with Crippen LogP contribution >= 0.6 is 0 Å². The first kappa shape index (κ1) is 11.7. The van der Waals surface area contributed by atoms with Gasteiger partial charge in [0.2, 0.25) is 0 Å². The van der Waals surface area contributed by atoms with Gasteiger partial charge in [-0.3, -0.25) is 0 Å². The molecule has 4 heteroatoms. The zero-order chi connectivity index (χ0) is 12.7. The summed E-state index contributed by atoms with van der Waals surface area (Å²) in [7, 11) is 2.04. The van der Waals surface area contributed by atoms with Crippen molar-refractivity contribution in [1.29, 1.82) is 0 Å². The van der Waals surface area contributed by atoms with E-state index in [4.69, 9.17) is 9.97 Å². The van der Waals surface area contributed by atoms with Gasteiger partial charge in [0.15, 0.2) is 5.65 Å². The second-order valence-corrected chi connectivity index (χ2v) is 5.31. The van der Waals surface area contributed by atoms with Gasteiger partial charge in [-0.2, -0.15) is 0 Å². The van der Waals surface area contributed by atoms with E-state index >= 15 is 0 Å². The number of aromatic nitrogens is 3. The molecule has 0 aliphatic carbocycles. The highest BCUT2D eigenvalue weighted by Gasteiger charge is 2.20. The van der Waals surface area contributed by atoms with Gasteiger partial charge >= 0.3 is 0 Å². The minimum Gasteiger partial charge on any atom is -0.334 e. The number of piperidine rings is 1. The maximum absolute atomic E-state index is 4.91. The van der Waals surface area contributed by atoms with Gasteiger partial charge < -0.3 is 9.88 Å². The number of hydrogen-bond acceptors (Lipinski definition) is 3. The third-order valence-electron chi connectivity index (χ3n) is 3.91. The molecular weight excluding hydrogens is 224 g/mol. The van der Waals surface area contributed by atoms with Gasteiger partial charge in [0.25, 0.3) is 0 Å². The molecule has 3 rings (SSSR count). The van der Waals surface area contributed by atoms with Crippen LogP contribution in [0.1, 0.15) is 35.7 Å². The molecule has 2 aromatic heterocycles. The summed E-state index contributed by atoms with van der Waals surface area (Å²) in [4.78, 5) is 9.66. The van der Waals surface area contributed by atoms with Crippen molar-refractivity contribution in [2.24, 2.45) is 7.05 Å². The molecule has 1 aliphatic heterocycles. The first-order chi connectivity index (χ1) is 8.66. The van der Waals surface area contributed by atoms with Gasteiger partial charge in [-0.05, 0) is 45.3 Å². The monoisotopic (exact) mass is 244 g/mol. The van der Waals surface area contributed by atoms with Gasteiger partial charge in [-0.1, -0.05) is 0 Å². The summed E-state index contributed by atoms with van der Waals surface area (Å²) in [6, 6.07) is 0. The average molecular weight is 244 g/mol. The Labute approximate surface area is 107 Å². The lowest BCUT2D eigenvalue weighted by molar-refractivity contribution is 0.451. The number of nitrogens with zero attached hydrogens (tertiary/aromatic N) is 3. The predicted molar refractivity (Wildman–Crippen MR) is 72.8 cm³/mol. The maximum atomic E-state index is 4.91. The smallest absolute Gasteiger partial charge is 0.158 e. The Morgan fingerprint density at radius 2 is 1.94 bits per heavy atom. The molecular formula is C14H20N4. The van der Waals surface area contributed by atoms with Crippen LogP contribution in [0, 0.1) is 13.8 Å². The molecule has 3 heterocycles. The lowest BCUT2D eigenvalue weighted by Crippen LogP contribution is -2.27. The molecule has 0 atom stereocenters. The molecule has 2 aromatic rings. The van der Waals surface area contributed by atoms with E-state index in [1.807, 2.05) is 7.05 Å². The van der Waals surface area contributed by atoms with Crippen molar-refractivity contribution in [3.05, 3.63) is 23.1 Å². The number of hydrogen-bond donors (Lipinski definition) is 1. The van der Waals surface area contributed by atoms with Crippen molar-refractivity contribution in [3.8, 4) is 0 Å². The molecule has 0 unspecified atom stereocenters. The lowest BCUT2D eigenvalue weighted by atomic mass is 9.93. The summed E-state index contributed by atoms with van der Waals surface area (Å²) in [5, 5.41) is 3.40. The van der Waals surface area contributed by atoms with Crippen LogP contribution in [0.3, 0.4) is 0 Å². The van der Waals surface area contributed by atoms with Gasteiger partial charge in [0.05, 0.1) is 11.4 Å². The van der Waals surface area contributed by atoms with Crippen LogP contribution in [-0.4, -0.2) is 27.6 Å². The van der Waals surface area contributed by atoms with E-state index in [-0.39, 0.29) is 0 Å². The first-order valence-corrected chi connectivity index (χ1v) is 6.67. The molecule has 96 valence electrons. The second kappa shape index (κ2) is 4.35. The fraction of sp³-hybridized carbons (Fsp3) is 0.571. The molecule has 1 N–H and O–H groups in total. The molecule has 0 saturated carbocycles. The standard InChI is InChI=1S/C14H20N4/c1-9-8-18(3)14-12(9)17-13(10(2)16-14)11-4-6-15-7-5-11/h8,11,15H,4-7H2,1-3H3. The highest BCUT2D eigenvalue weighted by atomic mass is 15.0. The normalized spacial score (nSPS) is 17.5. The van der Waals surface area contributed by atoms with Crippen LogP contribution in [-0.2, 0) is 7.05 Å². The summed E-state index contributed by atoms with van der Waals surface area (Å²) in [5.41, 5.74) is 5.59. The summed E-state index contributed by atoms with van der Waals surface area (Å²) >= 11 is 0. The predicted octanol–water partition coefficient (Wildman–Crippen LogP) is 2.05. The molecule has 0 radical (unpaired) electrons. The van der Waals surface area contributed by atoms with Crippen molar-refractivity contribution >= 4 is 11.2 Å². The third kappa shape index (κ3) is 1.81. The van der Waals surface area contributed by atoms with Crippen molar-refractivity contribution < 1.29 is 0 Å². The van der Waals surface area contributed by atoms with Crippen molar-refractivity contribution in [1.82, 2.24) is 19.9 Å². The zero-order valence-electron chi connectivity index (χ0n) is 11.3. The Kier molecular flexibility index (Phi) is 2.82. The Bertz CT molecular complexity index is 579. The minimum absolute atomic E-state index is 0.572. The van der Waals surface area contributed by atoms with Crippen LogP contribution < -0.4 is 5.32 Å². The largest absolute Gasteiger partial charge is 0.334 e. The van der Waals surface area contributed by atoms with Crippen LogP contribution in [0.25, 0.3) is 11.2 Å². The number of nitrogens with one attached hydrogen (secondary N) is 1. The molecule has 18 heavy (non-hydrogen) atoms. The van der Waals surface area contributed by atoms with Crippen LogP contribution in [0.5, 0.6) is 0 Å². The van der Waals surface area contributed by atoms with E-state index in [1.165, 1.54) is 24.1 Å². The molecule has 1 saturated heterocycles. The lowest BCUT2D eigenvalue weighted by Gasteiger charge is -2.23. The molecule has 1 fully saturated rings. The highest BCUT2D eigenvalue weighted by molar-refractivity contribution is 5.76. The number of fused-ring (bicyclic) bond motifs is 1. The van der Waals surface area contributed by atoms with Crippen LogP contribution in [0.2, 0.25) is 0 Å². The SMILES string of the molecule is Cc1nc2c(nc1C1CCNCC1)c(C)cn2C. The van der Waals surface area contributed by atoms with Gasteiger partial charge in [0.1, 0.15) is 5.52 Å². The highest BCUT2D eigenvalue weighted by Crippen LogP contribution is 2.28. The fourth-order valence-corrected chi connectivity index (χ4v) is 2.93. The van der Waals surface area contributed by atoms with E-state index in [0.717, 1.165) is 29.9 Å². The molecule has 4 nitrogen and oxygen atoms in total. The Hall–Kier alpha value is -1.42. The molecule has 0 bridgehead atoms. The number of rotatable bonds is 1. The molecule has 1 aliphatic rings. The van der Waals surface area contributed by atoms with Crippen molar-refractivity contribution in [3.63, 3.8) is 0 Å². The van der Waals surface area contributed by atoms with E-state index in [0.29, 0.717) is 5.92 Å². The Balaban J connectivity index is 2.11. The van der Waals surface area contributed by atoms with Crippen molar-refractivity contribution in [2.75, 3.05) is 13.1 Å². The summed E-state index contributed by atoms with van der Waals surface area (Å²) in [6.07, 6.45) is 4.45. The van der Waals surface area contributed by atoms with Crippen LogP contribution in [0.15, 0.2) is 6.20 Å². The van der Waals surface area contributed by atoms with Gasteiger partial charge in [0, 0.05) is 19.2 Å². The van der Waals surface area contributed by atoms with E-state index < -0.39 is 0 Å². The summed E-state index contributed by atoms with van der Waals surface area (Å²) in [5.74, 6) is 0.572. The van der Waals surface area contributed by atoms with E-state index in [1.54, 1.807) is 0 Å². The molecule has 0 aromatic carbocycles. The van der Waals surface area contributed by atoms with Gasteiger partial charge in [-0.15, -0.1) is 0 Å². The maximum Gasteiger partial charge on any atom is 0.158 e. The quantitative estimate of drug-likeness (QED) is 0.835. The topological polar surface area (TPSA) is 42.7 Å². The summed E-state index contributed by atoms with van der Waals surface area (Å²) < 4.78 is 2.07. The Morgan fingerprint density at radius 3 is 2.67 bits per heavy atom. The molecule has 0 amide bonds. The van der Waals surface area contributed by atoms with E-state index in [9.17, 15) is 0 Å². The summed E-state index contributed by atoms with van der Waals surface area (Å²) in [6.45, 7) is 6.39. The first-order valence-electron chi connectivity index (χ1n) is 6.67. The van der Waals surface area contributed by atoms with Gasteiger partial charge in [-0.25, -0.2) is 9.97 Å². The third-order valence-corrected chi connectivity index (χ3v) is 3.91. The number of aryl methyl sites for hydroxylation is 3. The fourth-order valence-electron chi connectivity index (χ4n) is 2.93. The second-order valence-electron chi connectivity index (χ2n) is 5.31.